The summed E-state index contributed by atoms with van der Waals surface area (Å²) in [6.07, 6.45) is 1.81. The van der Waals surface area contributed by atoms with E-state index in [0.29, 0.717) is 5.92 Å². The van der Waals surface area contributed by atoms with Crippen molar-refractivity contribution in [3.63, 3.8) is 0 Å². The molecule has 1 fully saturated rings. The van der Waals surface area contributed by atoms with Crippen LogP contribution >= 0.6 is 0 Å². The van der Waals surface area contributed by atoms with Gasteiger partial charge < -0.3 is 14.8 Å². The zero-order valence-electron chi connectivity index (χ0n) is 11.9. The first-order valence-electron chi connectivity index (χ1n) is 7.63. The van der Waals surface area contributed by atoms with Crippen LogP contribution in [0, 0.1) is 5.92 Å². The van der Waals surface area contributed by atoms with Crippen LogP contribution in [0.3, 0.4) is 0 Å². The molecule has 2 heterocycles. The smallest absolute Gasteiger partial charge is 0.135 e. The minimum absolute atomic E-state index is 0.300. The summed E-state index contributed by atoms with van der Waals surface area (Å²) in [7, 11) is 0. The Kier molecular flexibility index (Phi) is 3.17. The van der Waals surface area contributed by atoms with Gasteiger partial charge in [0.05, 0.1) is 6.10 Å². The van der Waals surface area contributed by atoms with Crippen molar-refractivity contribution in [2.45, 2.75) is 18.9 Å². The highest BCUT2D eigenvalue weighted by atomic mass is 16.3. The molecular weight excluding hydrogens is 262 g/mol. The number of hydrogen-bond acceptors (Lipinski definition) is 3. The van der Waals surface area contributed by atoms with Gasteiger partial charge in [-0.15, -0.1) is 0 Å². The van der Waals surface area contributed by atoms with Gasteiger partial charge in [-0.1, -0.05) is 24.3 Å². The Morgan fingerprint density at radius 2 is 1.95 bits per heavy atom. The van der Waals surface area contributed by atoms with Gasteiger partial charge in [0.25, 0.3) is 0 Å². The lowest BCUT2D eigenvalue weighted by Crippen LogP contribution is -2.33. The molecule has 4 rings (SSSR count). The predicted molar refractivity (Wildman–Crippen MR) is 84.3 cm³/mol. The van der Waals surface area contributed by atoms with E-state index in [4.69, 9.17) is 4.42 Å². The molecule has 1 aromatic heterocycles. The molecule has 21 heavy (non-hydrogen) atoms. The number of hydrogen-bond donors (Lipinski definition) is 2. The molecule has 1 aliphatic rings. The molecule has 3 nitrogen and oxygen atoms in total. The Labute approximate surface area is 123 Å². The normalized spacial score (nSPS) is 20.9. The summed E-state index contributed by atoms with van der Waals surface area (Å²) in [6.45, 7) is 1.96. The van der Waals surface area contributed by atoms with Gasteiger partial charge in [0.1, 0.15) is 11.2 Å². The van der Waals surface area contributed by atoms with Gasteiger partial charge in [0, 0.05) is 23.2 Å². The van der Waals surface area contributed by atoms with Crippen LogP contribution in [-0.4, -0.2) is 18.2 Å². The van der Waals surface area contributed by atoms with Crippen LogP contribution in [-0.2, 0) is 0 Å². The number of aliphatic hydroxyl groups excluding tert-OH is 1. The van der Waals surface area contributed by atoms with Crippen molar-refractivity contribution < 1.29 is 9.52 Å². The summed E-state index contributed by atoms with van der Waals surface area (Å²) in [4.78, 5) is 0. The van der Waals surface area contributed by atoms with Crippen molar-refractivity contribution in [1.29, 1.82) is 0 Å². The van der Waals surface area contributed by atoms with E-state index in [9.17, 15) is 5.11 Å². The van der Waals surface area contributed by atoms with E-state index in [-0.39, 0.29) is 0 Å². The predicted octanol–water partition coefficient (Wildman–Crippen LogP) is 3.62. The van der Waals surface area contributed by atoms with Crippen molar-refractivity contribution in [1.82, 2.24) is 5.32 Å². The molecule has 3 heteroatoms. The Balaban J connectivity index is 1.76. The molecule has 0 radical (unpaired) electrons. The highest BCUT2D eigenvalue weighted by Gasteiger charge is 2.23. The first-order chi connectivity index (χ1) is 10.3. The average molecular weight is 281 g/mol. The molecule has 108 valence electrons. The Morgan fingerprint density at radius 3 is 2.81 bits per heavy atom. The van der Waals surface area contributed by atoms with Crippen molar-refractivity contribution in [3.05, 3.63) is 48.0 Å². The average Bonchev–Trinajstić information content (AvgIpc) is 2.93. The number of nitrogens with one attached hydrogen (secondary N) is 1. The van der Waals surface area contributed by atoms with Crippen molar-refractivity contribution in [2.75, 3.05) is 13.1 Å². The lowest BCUT2D eigenvalue weighted by atomic mass is 9.89. The third-order valence-corrected chi connectivity index (χ3v) is 4.52. The van der Waals surface area contributed by atoms with Crippen molar-refractivity contribution in [3.8, 4) is 0 Å². The zero-order valence-corrected chi connectivity index (χ0v) is 11.9. The van der Waals surface area contributed by atoms with Crippen LogP contribution in [0.1, 0.15) is 24.5 Å². The molecule has 1 aliphatic heterocycles. The van der Waals surface area contributed by atoms with Gasteiger partial charge in [-0.2, -0.15) is 0 Å². The number of rotatable bonds is 2. The lowest BCUT2D eigenvalue weighted by Gasteiger charge is -2.27. The Bertz CT molecular complexity index is 771. The molecule has 3 aromatic rings. The van der Waals surface area contributed by atoms with E-state index in [0.717, 1.165) is 53.4 Å². The summed E-state index contributed by atoms with van der Waals surface area (Å²) in [5, 5.41) is 16.2. The molecule has 2 atom stereocenters. The number of aliphatic hydroxyl groups is 1. The van der Waals surface area contributed by atoms with Crippen LogP contribution in [0.25, 0.3) is 21.9 Å². The Hall–Kier alpha value is -1.84. The maximum absolute atomic E-state index is 10.6. The molecule has 0 aliphatic carbocycles. The van der Waals surface area contributed by atoms with E-state index >= 15 is 0 Å². The second kappa shape index (κ2) is 5.17. The van der Waals surface area contributed by atoms with Crippen LogP contribution in [0.5, 0.6) is 0 Å². The van der Waals surface area contributed by atoms with Gasteiger partial charge in [-0.3, -0.25) is 0 Å². The van der Waals surface area contributed by atoms with Crippen LogP contribution in [0.15, 0.2) is 46.9 Å². The fraction of sp³-hybridized carbons (Fsp3) is 0.333. The molecule has 2 N–H and O–H groups in total. The molecule has 0 amide bonds. The minimum atomic E-state index is -0.407. The molecule has 0 spiro atoms. The second-order valence-electron chi connectivity index (χ2n) is 5.91. The third kappa shape index (κ3) is 2.23. The summed E-state index contributed by atoms with van der Waals surface area (Å²) < 4.78 is 5.84. The number of furan rings is 1. The van der Waals surface area contributed by atoms with Crippen LogP contribution in [0.4, 0.5) is 0 Å². The van der Waals surface area contributed by atoms with Gasteiger partial charge in [0.15, 0.2) is 0 Å². The van der Waals surface area contributed by atoms with Crippen molar-refractivity contribution in [2.24, 2.45) is 5.92 Å². The van der Waals surface area contributed by atoms with E-state index in [1.54, 1.807) is 0 Å². The zero-order chi connectivity index (χ0) is 14.2. The van der Waals surface area contributed by atoms with Gasteiger partial charge in [-0.25, -0.2) is 0 Å². The maximum atomic E-state index is 10.6. The maximum Gasteiger partial charge on any atom is 0.135 e. The Morgan fingerprint density at radius 1 is 1.10 bits per heavy atom. The van der Waals surface area contributed by atoms with E-state index in [2.05, 4.69) is 17.4 Å². The third-order valence-electron chi connectivity index (χ3n) is 4.52. The second-order valence-corrected chi connectivity index (χ2v) is 5.91. The molecule has 2 aromatic carbocycles. The SMILES string of the molecule is OC(c1ccc2oc3ccccc3c2c1)C1CCCNC1. The highest BCUT2D eigenvalue weighted by molar-refractivity contribution is 6.04. The number of para-hydroxylation sites is 1. The van der Waals surface area contributed by atoms with E-state index in [1.807, 2.05) is 30.3 Å². The fourth-order valence-corrected chi connectivity index (χ4v) is 3.35. The van der Waals surface area contributed by atoms with E-state index in [1.165, 1.54) is 0 Å². The van der Waals surface area contributed by atoms with E-state index < -0.39 is 6.10 Å². The quantitative estimate of drug-likeness (QED) is 0.754. The lowest BCUT2D eigenvalue weighted by molar-refractivity contribution is 0.0923. The first-order valence-corrected chi connectivity index (χ1v) is 7.63. The van der Waals surface area contributed by atoms with Gasteiger partial charge in [0.2, 0.25) is 0 Å². The molecule has 0 saturated carbocycles. The number of fused-ring (bicyclic) bond motifs is 3. The summed E-state index contributed by atoms with van der Waals surface area (Å²) in [5.41, 5.74) is 2.77. The fourth-order valence-electron chi connectivity index (χ4n) is 3.35. The molecule has 2 unspecified atom stereocenters. The standard InChI is InChI=1S/C18H19NO2/c20-18(13-4-3-9-19-11-13)12-7-8-17-15(10-12)14-5-1-2-6-16(14)21-17/h1-2,5-8,10,13,18-20H,3-4,9,11H2. The first kappa shape index (κ1) is 12.9. The largest absolute Gasteiger partial charge is 0.456 e. The highest BCUT2D eigenvalue weighted by Crippen LogP contribution is 2.33. The monoisotopic (exact) mass is 281 g/mol. The van der Waals surface area contributed by atoms with Crippen LogP contribution < -0.4 is 5.32 Å². The topological polar surface area (TPSA) is 45.4 Å². The number of piperidine rings is 1. The van der Waals surface area contributed by atoms with Gasteiger partial charge >= 0.3 is 0 Å². The summed E-state index contributed by atoms with van der Waals surface area (Å²) in [5.74, 6) is 0.300. The van der Waals surface area contributed by atoms with Gasteiger partial charge in [-0.05, 0) is 43.1 Å². The molecule has 0 bridgehead atoms. The molecular formula is C18H19NO2. The minimum Gasteiger partial charge on any atom is -0.456 e. The molecule has 1 saturated heterocycles. The summed E-state index contributed by atoms with van der Waals surface area (Å²) in [6, 6.07) is 14.1. The van der Waals surface area contributed by atoms with Crippen molar-refractivity contribution >= 4 is 21.9 Å². The van der Waals surface area contributed by atoms with Crippen LogP contribution in [0.2, 0.25) is 0 Å². The summed E-state index contributed by atoms with van der Waals surface area (Å²) >= 11 is 0. The number of benzene rings is 2.